The van der Waals surface area contributed by atoms with Crippen LogP contribution in [0, 0.1) is 0 Å². The summed E-state index contributed by atoms with van der Waals surface area (Å²) in [7, 11) is 2.23. The Morgan fingerprint density at radius 1 is 1.15 bits per heavy atom. The van der Waals surface area contributed by atoms with E-state index in [0.29, 0.717) is 6.04 Å². The molecule has 13 heavy (non-hydrogen) atoms. The van der Waals surface area contributed by atoms with Crippen molar-refractivity contribution in [2.75, 3.05) is 7.05 Å². The second-order valence-electron chi connectivity index (χ2n) is 4.02. The molecule has 1 heteroatoms. The van der Waals surface area contributed by atoms with Crippen molar-refractivity contribution in [2.45, 2.75) is 31.8 Å². The van der Waals surface area contributed by atoms with Crippen molar-refractivity contribution in [1.29, 1.82) is 0 Å². The van der Waals surface area contributed by atoms with Gasteiger partial charge < -0.3 is 0 Å². The monoisotopic (exact) mass is 175 g/mol. The third-order valence-electron chi connectivity index (χ3n) is 3.23. The van der Waals surface area contributed by atoms with Crippen LogP contribution in [0.1, 0.15) is 31.4 Å². The Morgan fingerprint density at radius 3 is 2.38 bits per heavy atom. The lowest BCUT2D eigenvalue weighted by Gasteiger charge is -2.23. The number of nitrogens with zero attached hydrogens (tertiary/aromatic N) is 1. The van der Waals surface area contributed by atoms with Crippen LogP contribution in [0.2, 0.25) is 0 Å². The zero-order chi connectivity index (χ0) is 9.26. The molecule has 1 saturated heterocycles. The summed E-state index contributed by atoms with van der Waals surface area (Å²) in [4.78, 5) is 2.48. The highest BCUT2D eigenvalue weighted by Gasteiger charge is 2.27. The Kier molecular flexibility index (Phi) is 2.36. The first-order chi connectivity index (χ1) is 6.29. The van der Waals surface area contributed by atoms with Gasteiger partial charge in [-0.1, -0.05) is 30.3 Å². The lowest BCUT2D eigenvalue weighted by molar-refractivity contribution is 0.256. The van der Waals surface area contributed by atoms with Crippen LogP contribution < -0.4 is 0 Å². The molecule has 0 unspecified atom stereocenters. The summed E-state index contributed by atoms with van der Waals surface area (Å²) in [6.07, 6.45) is 2.64. The minimum Gasteiger partial charge on any atom is -0.297 e. The first kappa shape index (κ1) is 8.76. The van der Waals surface area contributed by atoms with E-state index < -0.39 is 0 Å². The fraction of sp³-hybridized carbons (Fsp3) is 0.500. The van der Waals surface area contributed by atoms with Crippen LogP contribution in [0.25, 0.3) is 0 Å². The average molecular weight is 175 g/mol. The van der Waals surface area contributed by atoms with E-state index in [1.54, 1.807) is 0 Å². The van der Waals surface area contributed by atoms with Crippen LogP contribution in [0.3, 0.4) is 0 Å². The number of hydrogen-bond donors (Lipinski definition) is 0. The molecule has 0 saturated carbocycles. The van der Waals surface area contributed by atoms with Gasteiger partial charge in [-0.25, -0.2) is 0 Å². The van der Waals surface area contributed by atoms with Gasteiger partial charge in [-0.2, -0.15) is 0 Å². The smallest absolute Gasteiger partial charge is 0.0348 e. The first-order valence-electron chi connectivity index (χ1n) is 5.06. The summed E-state index contributed by atoms with van der Waals surface area (Å²) >= 11 is 0. The van der Waals surface area contributed by atoms with Gasteiger partial charge in [0.05, 0.1) is 0 Å². The van der Waals surface area contributed by atoms with Crippen molar-refractivity contribution in [3.63, 3.8) is 0 Å². The summed E-state index contributed by atoms with van der Waals surface area (Å²) in [6, 6.07) is 12.2. The van der Waals surface area contributed by atoms with Gasteiger partial charge in [-0.15, -0.1) is 0 Å². The molecule has 0 radical (unpaired) electrons. The molecule has 1 aromatic rings. The highest BCUT2D eigenvalue weighted by atomic mass is 15.2. The van der Waals surface area contributed by atoms with Gasteiger partial charge in [0.15, 0.2) is 0 Å². The first-order valence-corrected chi connectivity index (χ1v) is 5.06. The summed E-state index contributed by atoms with van der Waals surface area (Å²) in [6.45, 7) is 2.31. The second kappa shape index (κ2) is 3.51. The van der Waals surface area contributed by atoms with E-state index in [1.165, 1.54) is 18.4 Å². The zero-order valence-electron chi connectivity index (χ0n) is 8.40. The van der Waals surface area contributed by atoms with E-state index in [2.05, 4.69) is 49.2 Å². The third kappa shape index (κ3) is 1.61. The van der Waals surface area contributed by atoms with Gasteiger partial charge in [0.25, 0.3) is 0 Å². The molecular weight excluding hydrogens is 158 g/mol. The lowest BCUT2D eigenvalue weighted by Crippen LogP contribution is -2.24. The van der Waals surface area contributed by atoms with Crippen LogP contribution in [0.4, 0.5) is 0 Å². The van der Waals surface area contributed by atoms with Gasteiger partial charge >= 0.3 is 0 Å². The van der Waals surface area contributed by atoms with Gasteiger partial charge in [0.1, 0.15) is 0 Å². The van der Waals surface area contributed by atoms with Crippen molar-refractivity contribution in [1.82, 2.24) is 4.90 Å². The molecule has 1 heterocycles. The Balaban J connectivity index is 2.19. The van der Waals surface area contributed by atoms with Gasteiger partial charge in [-0.05, 0) is 32.4 Å². The SMILES string of the molecule is C[C@H]1CC[C@@H](c2ccccc2)N1C. The van der Waals surface area contributed by atoms with E-state index in [-0.39, 0.29) is 0 Å². The Morgan fingerprint density at radius 2 is 1.85 bits per heavy atom. The molecule has 2 rings (SSSR count). The predicted octanol–water partition coefficient (Wildman–Crippen LogP) is 2.84. The van der Waals surface area contributed by atoms with E-state index >= 15 is 0 Å². The largest absolute Gasteiger partial charge is 0.297 e. The number of benzene rings is 1. The van der Waals surface area contributed by atoms with Crippen molar-refractivity contribution in [3.05, 3.63) is 35.9 Å². The summed E-state index contributed by atoms with van der Waals surface area (Å²) in [5.41, 5.74) is 1.47. The van der Waals surface area contributed by atoms with Crippen LogP contribution >= 0.6 is 0 Å². The maximum atomic E-state index is 2.48. The standard InChI is InChI=1S/C12H17N/c1-10-8-9-12(13(10)2)11-6-4-3-5-7-11/h3-7,10,12H,8-9H2,1-2H3/t10-,12-/m0/s1. The molecule has 1 fully saturated rings. The van der Waals surface area contributed by atoms with Gasteiger partial charge in [0.2, 0.25) is 0 Å². The summed E-state index contributed by atoms with van der Waals surface area (Å²) in [5.74, 6) is 0. The zero-order valence-corrected chi connectivity index (χ0v) is 8.40. The summed E-state index contributed by atoms with van der Waals surface area (Å²) < 4.78 is 0. The van der Waals surface area contributed by atoms with Crippen LogP contribution in [0.5, 0.6) is 0 Å². The number of likely N-dealkylation sites (tertiary alicyclic amines) is 1. The Hall–Kier alpha value is -0.820. The van der Waals surface area contributed by atoms with Crippen molar-refractivity contribution in [2.24, 2.45) is 0 Å². The quantitative estimate of drug-likeness (QED) is 0.634. The predicted molar refractivity (Wildman–Crippen MR) is 55.6 cm³/mol. The minimum atomic E-state index is 0.649. The van der Waals surface area contributed by atoms with Crippen LogP contribution in [0.15, 0.2) is 30.3 Å². The van der Waals surface area contributed by atoms with E-state index in [0.717, 1.165) is 6.04 Å². The fourth-order valence-electron chi connectivity index (χ4n) is 2.19. The maximum Gasteiger partial charge on any atom is 0.0348 e. The number of hydrogen-bond acceptors (Lipinski definition) is 1. The molecule has 1 nitrogen and oxygen atoms in total. The van der Waals surface area contributed by atoms with Crippen molar-refractivity contribution >= 4 is 0 Å². The van der Waals surface area contributed by atoms with Crippen molar-refractivity contribution < 1.29 is 0 Å². The third-order valence-corrected chi connectivity index (χ3v) is 3.23. The fourth-order valence-corrected chi connectivity index (χ4v) is 2.19. The molecule has 1 aliphatic heterocycles. The molecule has 0 aromatic heterocycles. The normalized spacial score (nSPS) is 29.4. The molecular formula is C12H17N. The van der Waals surface area contributed by atoms with Crippen molar-refractivity contribution in [3.8, 4) is 0 Å². The van der Waals surface area contributed by atoms with E-state index in [1.807, 2.05) is 0 Å². The lowest BCUT2D eigenvalue weighted by atomic mass is 10.1. The highest BCUT2D eigenvalue weighted by molar-refractivity contribution is 5.20. The average Bonchev–Trinajstić information content (AvgIpc) is 2.49. The molecule has 1 aliphatic rings. The number of rotatable bonds is 1. The van der Waals surface area contributed by atoms with E-state index in [4.69, 9.17) is 0 Å². The van der Waals surface area contributed by atoms with Crippen LogP contribution in [-0.4, -0.2) is 18.0 Å². The maximum absolute atomic E-state index is 2.48. The molecule has 0 aliphatic carbocycles. The van der Waals surface area contributed by atoms with Gasteiger partial charge in [-0.3, -0.25) is 4.90 Å². The molecule has 1 aromatic carbocycles. The molecule has 70 valence electrons. The molecule has 0 spiro atoms. The van der Waals surface area contributed by atoms with Crippen LogP contribution in [-0.2, 0) is 0 Å². The molecule has 0 bridgehead atoms. The summed E-state index contributed by atoms with van der Waals surface area (Å²) in [5, 5.41) is 0. The Labute approximate surface area is 80.4 Å². The molecule has 0 N–H and O–H groups in total. The van der Waals surface area contributed by atoms with Gasteiger partial charge in [0, 0.05) is 12.1 Å². The second-order valence-corrected chi connectivity index (χ2v) is 4.02. The topological polar surface area (TPSA) is 3.24 Å². The molecule has 0 amide bonds. The Bertz CT molecular complexity index is 268. The van der Waals surface area contributed by atoms with E-state index in [9.17, 15) is 0 Å². The minimum absolute atomic E-state index is 0.649. The highest BCUT2D eigenvalue weighted by Crippen LogP contribution is 2.33. The molecule has 2 atom stereocenters.